The average molecular weight is 635 g/mol. The minimum absolute atomic E-state index is 0.00425. The van der Waals surface area contributed by atoms with E-state index in [1.165, 1.54) is 24.4 Å². The fraction of sp³-hybridized carbons (Fsp3) is 0.393. The fourth-order valence-electron chi connectivity index (χ4n) is 5.42. The van der Waals surface area contributed by atoms with Crippen molar-refractivity contribution in [1.82, 2.24) is 4.57 Å². The van der Waals surface area contributed by atoms with Crippen molar-refractivity contribution in [3.05, 3.63) is 73.8 Å². The number of pyridine rings is 1. The summed E-state index contributed by atoms with van der Waals surface area (Å²) in [5.74, 6) is -2.30. The fourth-order valence-corrected chi connectivity index (χ4v) is 6.08. The summed E-state index contributed by atoms with van der Waals surface area (Å²) in [6.45, 7) is 4.53. The standard InChI is InChI=1S/C22H26FN3O5.C6H5NO5S/c1-11-3-4-14-18-15(20(27)16(21(28)29)10-26(11)18)9-17(23)19(14)25-7-5-13(6-8-25)31-22(30)12(2)24;8-7(9)5-3-1-2-4-6(5)13(10,11)12/h9-13H,3-8,24H2,1-2H3,(H,28,29);1-4H,(H,10,11,12)/t11-,12-;/m0./s1. The number of hydrogen-bond acceptors (Lipinski definition) is 10. The van der Waals surface area contributed by atoms with Gasteiger partial charge in [0.05, 0.1) is 16.1 Å². The van der Waals surface area contributed by atoms with Crippen LogP contribution in [0, 0.1) is 15.9 Å². The van der Waals surface area contributed by atoms with Crippen molar-refractivity contribution < 1.29 is 41.7 Å². The van der Waals surface area contributed by atoms with Gasteiger partial charge in [0.1, 0.15) is 23.5 Å². The summed E-state index contributed by atoms with van der Waals surface area (Å²) < 4.78 is 52.3. The molecular weight excluding hydrogens is 603 g/mol. The number of aromatic carboxylic acids is 1. The number of para-hydroxylation sites is 1. The van der Waals surface area contributed by atoms with Gasteiger partial charge >= 0.3 is 22.1 Å². The number of nitrogens with two attached hydrogens (primary N) is 1. The molecule has 0 unspecified atom stereocenters. The molecule has 2 aliphatic rings. The molecule has 3 heterocycles. The molecule has 3 aromatic rings. The van der Waals surface area contributed by atoms with Crippen LogP contribution in [0.4, 0.5) is 15.8 Å². The zero-order chi connectivity index (χ0) is 32.5. The molecule has 2 atom stereocenters. The summed E-state index contributed by atoms with van der Waals surface area (Å²) in [5.41, 5.74) is 5.69. The molecule has 0 radical (unpaired) electrons. The highest BCUT2D eigenvalue weighted by atomic mass is 32.2. The number of nitro groups is 1. The second-order valence-corrected chi connectivity index (χ2v) is 12.1. The SMILES string of the molecule is C[C@H](N)C(=O)OC1CCN(c2c(F)cc3c(=O)c(C(=O)O)cn4c3c2CC[C@@H]4C)CC1.O=[N+]([O-])c1ccccc1S(=O)(=O)O. The van der Waals surface area contributed by atoms with Crippen LogP contribution in [0.2, 0.25) is 0 Å². The number of carboxylic acid groups (broad SMARTS) is 1. The van der Waals surface area contributed by atoms with Crippen molar-refractivity contribution in [2.24, 2.45) is 5.73 Å². The van der Waals surface area contributed by atoms with Crippen LogP contribution in [0.5, 0.6) is 0 Å². The monoisotopic (exact) mass is 634 g/mol. The first-order valence-corrected chi connectivity index (χ1v) is 15.1. The molecule has 2 aromatic carbocycles. The predicted molar refractivity (Wildman–Crippen MR) is 156 cm³/mol. The highest BCUT2D eigenvalue weighted by Gasteiger charge is 2.31. The quantitative estimate of drug-likeness (QED) is 0.154. The minimum atomic E-state index is -4.52. The van der Waals surface area contributed by atoms with Gasteiger partial charge in [-0.05, 0) is 38.8 Å². The average Bonchev–Trinajstić information content (AvgIpc) is 2.96. The Morgan fingerprint density at radius 2 is 1.84 bits per heavy atom. The van der Waals surface area contributed by atoms with E-state index in [4.69, 9.17) is 15.0 Å². The molecule has 0 bridgehead atoms. The Hall–Kier alpha value is -4.41. The first-order chi connectivity index (χ1) is 20.6. The van der Waals surface area contributed by atoms with E-state index in [9.17, 15) is 38.0 Å². The molecule has 5 rings (SSSR count). The van der Waals surface area contributed by atoms with Gasteiger partial charge in [0.25, 0.3) is 5.69 Å². The van der Waals surface area contributed by atoms with Crippen LogP contribution < -0.4 is 16.1 Å². The predicted octanol–water partition coefficient (Wildman–Crippen LogP) is 3.05. The molecule has 14 nitrogen and oxygen atoms in total. The Morgan fingerprint density at radius 3 is 2.39 bits per heavy atom. The van der Waals surface area contributed by atoms with Gasteiger partial charge < -0.3 is 25.0 Å². The summed E-state index contributed by atoms with van der Waals surface area (Å²) in [7, 11) is -4.52. The van der Waals surface area contributed by atoms with Crippen LogP contribution in [-0.2, 0) is 26.1 Å². The summed E-state index contributed by atoms with van der Waals surface area (Å²) in [6.07, 6.45) is 3.53. The number of esters is 1. The number of ether oxygens (including phenoxy) is 1. The molecule has 2 aliphatic heterocycles. The lowest BCUT2D eigenvalue weighted by atomic mass is 9.93. The van der Waals surface area contributed by atoms with E-state index in [0.29, 0.717) is 50.0 Å². The summed E-state index contributed by atoms with van der Waals surface area (Å²) in [4.78, 5) is 46.7. The topological polar surface area (TPSA) is 212 Å². The number of carbonyl (C=O) groups is 2. The van der Waals surface area contributed by atoms with Crippen molar-refractivity contribution in [3.63, 3.8) is 0 Å². The Kier molecular flexibility index (Phi) is 9.36. The smallest absolute Gasteiger partial charge is 0.341 e. The largest absolute Gasteiger partial charge is 0.477 e. The summed E-state index contributed by atoms with van der Waals surface area (Å²) >= 11 is 0. The number of anilines is 1. The van der Waals surface area contributed by atoms with Gasteiger partial charge in [-0.3, -0.25) is 24.3 Å². The third-order valence-electron chi connectivity index (χ3n) is 7.61. The number of nitro benzene ring substituents is 1. The molecule has 0 spiro atoms. The number of hydrogen-bond donors (Lipinski definition) is 3. The van der Waals surface area contributed by atoms with Gasteiger partial charge in [-0.1, -0.05) is 12.1 Å². The van der Waals surface area contributed by atoms with E-state index in [0.717, 1.165) is 17.7 Å². The minimum Gasteiger partial charge on any atom is -0.477 e. The van der Waals surface area contributed by atoms with Gasteiger partial charge in [-0.25, -0.2) is 9.18 Å². The number of aryl methyl sites for hydroxylation is 1. The van der Waals surface area contributed by atoms with Crippen molar-refractivity contribution in [2.75, 3.05) is 18.0 Å². The maximum absolute atomic E-state index is 15.3. The Morgan fingerprint density at radius 1 is 1.20 bits per heavy atom. The van der Waals surface area contributed by atoms with Crippen LogP contribution in [0.1, 0.15) is 55.1 Å². The lowest BCUT2D eigenvalue weighted by Crippen LogP contribution is -2.41. The Balaban J connectivity index is 0.000000285. The number of halogens is 1. The number of benzene rings is 2. The number of aromatic nitrogens is 1. The first-order valence-electron chi connectivity index (χ1n) is 13.7. The van der Waals surface area contributed by atoms with Gasteiger partial charge in [-0.2, -0.15) is 8.42 Å². The zero-order valence-corrected chi connectivity index (χ0v) is 24.6. The third-order valence-corrected chi connectivity index (χ3v) is 8.51. The normalized spacial score (nSPS) is 17.4. The highest BCUT2D eigenvalue weighted by Crippen LogP contribution is 2.39. The molecule has 0 saturated carbocycles. The van der Waals surface area contributed by atoms with E-state index in [2.05, 4.69) is 0 Å². The third kappa shape index (κ3) is 6.56. The van der Waals surface area contributed by atoms with E-state index >= 15 is 4.39 Å². The van der Waals surface area contributed by atoms with Crippen LogP contribution in [0.15, 0.2) is 46.2 Å². The maximum Gasteiger partial charge on any atom is 0.341 e. The number of nitrogens with zero attached hydrogens (tertiary/aromatic N) is 3. The van der Waals surface area contributed by atoms with Crippen LogP contribution >= 0.6 is 0 Å². The molecular formula is C28H31FN4O10S. The van der Waals surface area contributed by atoms with E-state index in [-0.39, 0.29) is 23.1 Å². The lowest BCUT2D eigenvalue weighted by Gasteiger charge is -2.37. The first kappa shape index (κ1) is 32.5. The van der Waals surface area contributed by atoms with Crippen LogP contribution in [0.25, 0.3) is 10.9 Å². The molecule has 0 aliphatic carbocycles. The summed E-state index contributed by atoms with van der Waals surface area (Å²) in [5, 5.41) is 19.8. The number of rotatable bonds is 6. The molecule has 1 saturated heterocycles. The molecule has 4 N–H and O–H groups in total. The van der Waals surface area contributed by atoms with Gasteiger partial charge in [0.15, 0.2) is 4.90 Å². The van der Waals surface area contributed by atoms with Gasteiger partial charge in [0, 0.05) is 55.2 Å². The molecule has 1 aromatic heterocycles. The highest BCUT2D eigenvalue weighted by molar-refractivity contribution is 7.86. The second kappa shape index (κ2) is 12.7. The molecule has 16 heteroatoms. The van der Waals surface area contributed by atoms with Crippen molar-refractivity contribution in [1.29, 1.82) is 0 Å². The van der Waals surface area contributed by atoms with E-state index in [1.807, 2.05) is 11.8 Å². The van der Waals surface area contributed by atoms with Gasteiger partial charge in [-0.15, -0.1) is 0 Å². The second-order valence-electron chi connectivity index (χ2n) is 10.7. The van der Waals surface area contributed by atoms with Gasteiger partial charge in [0.2, 0.25) is 5.43 Å². The van der Waals surface area contributed by atoms with E-state index < -0.39 is 54.9 Å². The molecule has 44 heavy (non-hydrogen) atoms. The lowest BCUT2D eigenvalue weighted by molar-refractivity contribution is -0.387. The van der Waals surface area contributed by atoms with Crippen molar-refractivity contribution in [2.45, 2.75) is 62.6 Å². The number of carbonyl (C=O) groups excluding carboxylic acids is 1. The number of piperidine rings is 1. The summed E-state index contributed by atoms with van der Waals surface area (Å²) in [6, 6.07) is 5.05. The van der Waals surface area contributed by atoms with Crippen molar-refractivity contribution in [3.8, 4) is 0 Å². The Labute approximate surface area is 250 Å². The van der Waals surface area contributed by atoms with E-state index in [1.54, 1.807) is 11.5 Å². The van der Waals surface area contributed by atoms with Crippen LogP contribution in [0.3, 0.4) is 0 Å². The molecule has 0 amide bonds. The van der Waals surface area contributed by atoms with Crippen LogP contribution in [-0.4, -0.2) is 64.7 Å². The van der Waals surface area contributed by atoms with Crippen molar-refractivity contribution >= 4 is 44.3 Å². The maximum atomic E-state index is 15.3. The molecule has 236 valence electrons. The number of carboxylic acids is 1. The Bertz CT molecular complexity index is 1800. The molecule has 1 fully saturated rings. The zero-order valence-electron chi connectivity index (χ0n) is 23.8.